The average Bonchev–Trinajstić information content (AvgIpc) is 3.27. The number of aromatic nitrogens is 1. The van der Waals surface area contributed by atoms with Crippen molar-refractivity contribution in [2.24, 2.45) is 0 Å². The number of halogens is 20. The lowest BCUT2D eigenvalue weighted by Crippen LogP contribution is -2.81. The van der Waals surface area contributed by atoms with Crippen LogP contribution in [0, 0.1) is 116 Å². The number of unbranched alkanes of at least 4 members (excludes halogenated alkanes) is 14. The van der Waals surface area contributed by atoms with Gasteiger partial charge < -0.3 is 0 Å². The minimum atomic E-state index is -7.22. The van der Waals surface area contributed by atoms with E-state index in [0.29, 0.717) is 0 Å². The molecule has 0 spiro atoms. The summed E-state index contributed by atoms with van der Waals surface area (Å²) in [6.45, 7) is 3.20. The van der Waals surface area contributed by atoms with Gasteiger partial charge in [-0.15, -0.1) is 21.9 Å². The Morgan fingerprint density at radius 2 is 0.637 bits per heavy atom. The van der Waals surface area contributed by atoms with Gasteiger partial charge in [0.15, 0.2) is 82.5 Å². The van der Waals surface area contributed by atoms with E-state index in [2.05, 4.69) is 90.5 Å². The van der Waals surface area contributed by atoms with Gasteiger partial charge in [0, 0.05) is 17.7 Å². The fraction of sp³-hybridized carbons (Fsp3) is 0.293. The molecule has 1 nitrogen and oxygen atoms in total. The highest BCUT2D eigenvalue weighted by atomic mass is 19.2. The van der Waals surface area contributed by atoms with E-state index in [-0.39, 0.29) is 0 Å². The molecule has 7 aromatic rings. The van der Waals surface area contributed by atoms with Gasteiger partial charge in [0.25, 0.3) is 0 Å². The van der Waals surface area contributed by atoms with Crippen molar-refractivity contribution < 1.29 is 92.4 Å². The van der Waals surface area contributed by atoms with Crippen LogP contribution in [0.15, 0.2) is 72.9 Å². The van der Waals surface area contributed by atoms with Crippen LogP contribution >= 0.6 is 0 Å². The second kappa shape index (κ2) is 27.5. The molecule has 7 rings (SSSR count). The van der Waals surface area contributed by atoms with Crippen LogP contribution in [0.4, 0.5) is 87.8 Å². The number of pyridine rings is 1. The van der Waals surface area contributed by atoms with E-state index >= 15 is 35.1 Å². The summed E-state index contributed by atoms with van der Waals surface area (Å²) in [5, 5.41) is 2.65. The molecule has 428 valence electrons. The standard InChI is InChI=1S/C34H48N.C24BF20/c1-2-3-4-5-6-7-8-9-10-11-12-13-14-15-16-20-27-34-33-26-22-21-25-32(33)28-29-35(34)30-31-23-18-17-19-24-31;26-5-1(6(27)14(35)21(42)13(5)34)25(2-7(28)15(36)22(43)16(37)8(2)29,3-9(30)17(38)23(44)18(39)10(3)31)4-11(32)19(40)24(45)20(41)12(4)33/h17-29H,2-16,30H2,1H3;/q+1;-1. The van der Waals surface area contributed by atoms with Gasteiger partial charge in [0.1, 0.15) is 52.7 Å². The smallest absolute Gasteiger partial charge is 0.207 e. The number of hydrogen-bond acceptors (Lipinski definition) is 0. The molecule has 1 heterocycles. The Morgan fingerprint density at radius 3 is 0.988 bits per heavy atom. The Kier molecular flexibility index (Phi) is 21.5. The first-order chi connectivity index (χ1) is 38.1. The molecule has 0 aliphatic heterocycles. The zero-order chi connectivity index (χ0) is 58.7. The summed E-state index contributed by atoms with van der Waals surface area (Å²) in [4.78, 5) is 0. The number of nitrogens with zero attached hydrogens (tertiary/aromatic N) is 1. The van der Waals surface area contributed by atoms with E-state index in [0.717, 1.165) is 6.54 Å². The van der Waals surface area contributed by atoms with Crippen LogP contribution in [0.3, 0.4) is 0 Å². The summed E-state index contributed by atoms with van der Waals surface area (Å²) in [6, 6.07) is 21.8. The van der Waals surface area contributed by atoms with Gasteiger partial charge in [0.05, 0.1) is 5.39 Å². The van der Waals surface area contributed by atoms with Crippen LogP contribution in [-0.2, 0) is 6.54 Å². The van der Waals surface area contributed by atoms with Crippen LogP contribution in [0.25, 0.3) is 16.8 Å². The normalized spacial score (nSPS) is 11.8. The SMILES string of the molecule is CCCCCCCCCCCCCCCCC=Cc1c2ccccc2cc[n+]1Cc1ccccc1.Fc1c(F)c(F)c([B-](c2c(F)c(F)c(F)c(F)c2F)(c2c(F)c(F)c(F)c(F)c2F)c2c(F)c(F)c(F)c(F)c2F)c(F)c1F. The van der Waals surface area contributed by atoms with Crippen LogP contribution in [0.2, 0.25) is 0 Å². The minimum absolute atomic E-state index is 0.907. The van der Waals surface area contributed by atoms with E-state index in [4.69, 9.17) is 0 Å². The summed E-state index contributed by atoms with van der Waals surface area (Å²) < 4.78 is 296. The minimum Gasteiger partial charge on any atom is -0.207 e. The Labute approximate surface area is 446 Å². The summed E-state index contributed by atoms with van der Waals surface area (Å²) >= 11 is 0. The largest absolute Gasteiger partial charge is 0.213 e. The highest BCUT2D eigenvalue weighted by Crippen LogP contribution is 2.31. The van der Waals surface area contributed by atoms with Gasteiger partial charge in [-0.25, -0.2) is 87.8 Å². The third-order valence-electron chi connectivity index (χ3n) is 13.9. The monoisotopic (exact) mass is 1150 g/mol. The molecule has 0 aliphatic rings. The Balaban J connectivity index is 0.000000266. The van der Waals surface area contributed by atoms with Crippen molar-refractivity contribution in [2.75, 3.05) is 0 Å². The van der Waals surface area contributed by atoms with Gasteiger partial charge in [0.2, 0.25) is 5.69 Å². The molecular formula is C58H48BF20N. The van der Waals surface area contributed by atoms with E-state index in [1.54, 1.807) is 0 Å². The van der Waals surface area contributed by atoms with E-state index in [1.807, 2.05) is 0 Å². The summed E-state index contributed by atoms with van der Waals surface area (Å²) in [7, 11) is 0. The number of benzene rings is 6. The van der Waals surface area contributed by atoms with Crippen LogP contribution in [0.1, 0.15) is 114 Å². The first kappa shape index (κ1) is 62.3. The van der Waals surface area contributed by atoms with Crippen molar-refractivity contribution in [2.45, 2.75) is 110 Å². The number of hydrogen-bond donors (Lipinski definition) is 0. The van der Waals surface area contributed by atoms with Crippen molar-refractivity contribution in [3.63, 3.8) is 0 Å². The zero-order valence-corrected chi connectivity index (χ0v) is 42.4. The molecule has 22 heteroatoms. The fourth-order valence-electron chi connectivity index (χ4n) is 9.91. The first-order valence-corrected chi connectivity index (χ1v) is 25.4. The molecule has 0 radical (unpaired) electrons. The zero-order valence-electron chi connectivity index (χ0n) is 42.4. The summed E-state index contributed by atoms with van der Waals surface area (Å²) in [6.07, 6.45) is 20.8. The quantitative estimate of drug-likeness (QED) is 0.0159. The predicted molar refractivity (Wildman–Crippen MR) is 263 cm³/mol. The molecule has 0 saturated heterocycles. The molecule has 0 unspecified atom stereocenters. The van der Waals surface area contributed by atoms with Crippen LogP contribution in [0.5, 0.6) is 0 Å². The molecule has 80 heavy (non-hydrogen) atoms. The van der Waals surface area contributed by atoms with Crippen LogP contribution < -0.4 is 26.4 Å². The van der Waals surface area contributed by atoms with Gasteiger partial charge in [-0.05, 0) is 24.3 Å². The van der Waals surface area contributed by atoms with Crippen molar-refractivity contribution >= 4 is 44.8 Å². The third kappa shape index (κ3) is 12.5. The molecule has 0 bridgehead atoms. The summed E-state index contributed by atoms with van der Waals surface area (Å²) in [5.41, 5.74) is -11.7. The highest BCUT2D eigenvalue weighted by Gasteiger charge is 2.52. The maximum absolute atomic E-state index is 15.4. The van der Waals surface area contributed by atoms with E-state index in [1.165, 1.54) is 118 Å². The number of fused-ring (bicyclic) bond motifs is 1. The van der Waals surface area contributed by atoms with Crippen molar-refractivity contribution in [1.29, 1.82) is 0 Å². The van der Waals surface area contributed by atoms with E-state index in [9.17, 15) is 52.7 Å². The van der Waals surface area contributed by atoms with Gasteiger partial charge in [-0.1, -0.05) is 145 Å². The van der Waals surface area contributed by atoms with Crippen LogP contribution in [-0.4, -0.2) is 6.15 Å². The van der Waals surface area contributed by atoms with Gasteiger partial charge in [-0.2, -0.15) is 4.57 Å². The molecule has 0 aliphatic carbocycles. The summed E-state index contributed by atoms with van der Waals surface area (Å²) in [5.74, 6) is -71.4. The lowest BCUT2D eigenvalue weighted by Gasteiger charge is -2.44. The first-order valence-electron chi connectivity index (χ1n) is 25.4. The van der Waals surface area contributed by atoms with Gasteiger partial charge in [-0.3, -0.25) is 0 Å². The van der Waals surface area contributed by atoms with Crippen molar-refractivity contribution in [1.82, 2.24) is 0 Å². The molecule has 0 fully saturated rings. The maximum atomic E-state index is 15.4. The average molecular weight is 1150 g/mol. The second-order valence-corrected chi connectivity index (χ2v) is 19.0. The number of rotatable bonds is 22. The van der Waals surface area contributed by atoms with Gasteiger partial charge >= 0.3 is 0 Å². The third-order valence-corrected chi connectivity index (χ3v) is 13.9. The number of allylic oxidation sites excluding steroid dienone is 1. The molecule has 1 aromatic heterocycles. The second-order valence-electron chi connectivity index (χ2n) is 19.0. The topological polar surface area (TPSA) is 3.88 Å². The molecule has 0 amide bonds. The molecule has 0 N–H and O–H groups in total. The Bertz CT molecular complexity index is 2980. The fourth-order valence-corrected chi connectivity index (χ4v) is 9.91. The molecule has 0 saturated carbocycles. The Morgan fingerprint density at radius 1 is 0.338 bits per heavy atom. The lowest BCUT2D eigenvalue weighted by atomic mass is 9.12. The van der Waals surface area contributed by atoms with Crippen molar-refractivity contribution in [3.8, 4) is 0 Å². The molecular weight excluding hydrogens is 1100 g/mol. The van der Waals surface area contributed by atoms with E-state index < -0.39 is 144 Å². The Hall–Kier alpha value is -6.87. The molecule has 0 atom stereocenters. The maximum Gasteiger partial charge on any atom is 0.213 e. The predicted octanol–water partition coefficient (Wildman–Crippen LogP) is 15.9. The molecule has 6 aromatic carbocycles. The van der Waals surface area contributed by atoms with Crippen molar-refractivity contribution in [3.05, 3.63) is 201 Å². The highest BCUT2D eigenvalue weighted by molar-refractivity contribution is 7.20. The lowest BCUT2D eigenvalue weighted by molar-refractivity contribution is -0.688.